The average Bonchev–Trinajstić information content (AvgIpc) is 2.29. The molecule has 0 amide bonds. The zero-order valence-corrected chi connectivity index (χ0v) is 9.12. The van der Waals surface area contributed by atoms with E-state index >= 15 is 0 Å². The highest BCUT2D eigenvalue weighted by Crippen LogP contribution is 2.22. The van der Waals surface area contributed by atoms with E-state index < -0.39 is 0 Å². The molecule has 2 rings (SSSR count). The number of hydrogen-bond donors (Lipinski definition) is 1. The van der Waals surface area contributed by atoms with Crippen molar-refractivity contribution in [3.63, 3.8) is 0 Å². The number of hydrogen-bond acceptors (Lipinski definition) is 3. The Labute approximate surface area is 88.1 Å². The minimum atomic E-state index is -0.164. The molecule has 4 nitrogen and oxygen atoms in total. The highest BCUT2D eigenvalue weighted by atomic mass is 35.5. The van der Waals surface area contributed by atoms with Gasteiger partial charge in [-0.3, -0.25) is 9.58 Å². The maximum absolute atomic E-state index is 9.14. The molecule has 0 atom stereocenters. The summed E-state index contributed by atoms with van der Waals surface area (Å²) in [5.41, 5.74) is 1.89. The summed E-state index contributed by atoms with van der Waals surface area (Å²) in [5, 5.41) is 14.1. The monoisotopic (exact) mass is 215 g/mol. The van der Waals surface area contributed by atoms with Gasteiger partial charge in [0, 0.05) is 26.7 Å². The number of aryl methyl sites for hydroxylation is 2. The van der Waals surface area contributed by atoms with Gasteiger partial charge in [0.1, 0.15) is 0 Å². The molecule has 2 heterocycles. The third-order valence-electron chi connectivity index (χ3n) is 2.57. The molecule has 0 spiro atoms. The Morgan fingerprint density at radius 3 is 2.64 bits per heavy atom. The molecule has 1 saturated heterocycles. The van der Waals surface area contributed by atoms with Gasteiger partial charge in [-0.15, -0.1) is 0 Å². The zero-order chi connectivity index (χ0) is 10.3. The van der Waals surface area contributed by atoms with Gasteiger partial charge in [-0.05, 0) is 6.92 Å². The molecule has 0 aliphatic carbocycles. The van der Waals surface area contributed by atoms with Crippen LogP contribution in [0.15, 0.2) is 0 Å². The van der Waals surface area contributed by atoms with Crippen molar-refractivity contribution >= 4 is 11.6 Å². The van der Waals surface area contributed by atoms with E-state index in [1.165, 1.54) is 0 Å². The fraction of sp³-hybridized carbons (Fsp3) is 0.667. The van der Waals surface area contributed by atoms with Gasteiger partial charge in [0.2, 0.25) is 0 Å². The molecule has 0 bridgehead atoms. The average molecular weight is 216 g/mol. The molecule has 1 aliphatic heterocycles. The van der Waals surface area contributed by atoms with Crippen LogP contribution in [0, 0.1) is 6.92 Å². The highest BCUT2D eigenvalue weighted by Gasteiger charge is 2.26. The smallest absolute Gasteiger partial charge is 0.0860 e. The van der Waals surface area contributed by atoms with Crippen LogP contribution < -0.4 is 0 Å². The summed E-state index contributed by atoms with van der Waals surface area (Å²) in [6, 6.07) is 0. The van der Waals surface area contributed by atoms with Crippen molar-refractivity contribution in [3.8, 4) is 0 Å². The number of aliphatic hydroxyl groups excluding tert-OH is 1. The summed E-state index contributed by atoms with van der Waals surface area (Å²) in [4.78, 5) is 2.15. The van der Waals surface area contributed by atoms with Crippen molar-refractivity contribution in [1.82, 2.24) is 14.7 Å². The number of likely N-dealkylation sites (tertiary alicyclic amines) is 1. The minimum Gasteiger partial charge on any atom is -0.390 e. The number of halogens is 1. The van der Waals surface area contributed by atoms with E-state index in [1.807, 2.05) is 18.7 Å². The summed E-state index contributed by atoms with van der Waals surface area (Å²) in [7, 11) is 1.89. The predicted molar refractivity (Wildman–Crippen MR) is 54.2 cm³/mol. The largest absolute Gasteiger partial charge is 0.390 e. The van der Waals surface area contributed by atoms with Crippen LogP contribution >= 0.6 is 11.6 Å². The molecule has 78 valence electrons. The number of rotatable bonds is 2. The lowest BCUT2D eigenvalue weighted by molar-refractivity contribution is -0.00412. The fourth-order valence-electron chi connectivity index (χ4n) is 1.74. The van der Waals surface area contributed by atoms with E-state index in [1.54, 1.807) is 0 Å². The van der Waals surface area contributed by atoms with Crippen molar-refractivity contribution in [2.45, 2.75) is 19.6 Å². The van der Waals surface area contributed by atoms with E-state index in [2.05, 4.69) is 10.00 Å². The van der Waals surface area contributed by atoms with Crippen LogP contribution in [0.2, 0.25) is 5.02 Å². The Bertz CT molecular complexity index is 344. The second-order valence-corrected chi connectivity index (χ2v) is 4.20. The first kappa shape index (κ1) is 9.96. The molecule has 1 N–H and O–H groups in total. The molecule has 5 heteroatoms. The second-order valence-electron chi connectivity index (χ2n) is 3.82. The highest BCUT2D eigenvalue weighted by molar-refractivity contribution is 6.31. The van der Waals surface area contributed by atoms with Gasteiger partial charge in [-0.2, -0.15) is 5.10 Å². The predicted octanol–water partition coefficient (Wildman–Crippen LogP) is 0.558. The zero-order valence-electron chi connectivity index (χ0n) is 8.37. The van der Waals surface area contributed by atoms with E-state index in [9.17, 15) is 0 Å². The Morgan fingerprint density at radius 1 is 1.57 bits per heavy atom. The summed E-state index contributed by atoms with van der Waals surface area (Å²) in [6.45, 7) is 4.14. The fourth-order valence-corrected chi connectivity index (χ4v) is 1.96. The van der Waals surface area contributed by atoms with Crippen LogP contribution in [0.3, 0.4) is 0 Å². The standard InChI is InChI=1S/C9H14ClN3O/c1-6-9(10)8(12(2)11-6)5-13-3-7(14)4-13/h7,14H,3-5H2,1-2H3. The first-order chi connectivity index (χ1) is 6.58. The molecule has 14 heavy (non-hydrogen) atoms. The first-order valence-electron chi connectivity index (χ1n) is 4.66. The van der Waals surface area contributed by atoms with Crippen molar-refractivity contribution in [2.75, 3.05) is 13.1 Å². The third-order valence-corrected chi connectivity index (χ3v) is 3.06. The SMILES string of the molecule is Cc1nn(C)c(CN2CC(O)C2)c1Cl. The molecule has 0 aromatic carbocycles. The molecule has 1 aromatic heterocycles. The number of β-amino-alcohol motifs (C(OH)–C–C–N with tert-alkyl or cyclic N) is 1. The molecule has 0 saturated carbocycles. The first-order valence-corrected chi connectivity index (χ1v) is 5.04. The number of aromatic nitrogens is 2. The van der Waals surface area contributed by atoms with E-state index in [0.717, 1.165) is 36.0 Å². The van der Waals surface area contributed by atoms with Crippen LogP contribution in [0.1, 0.15) is 11.4 Å². The molecule has 0 radical (unpaired) electrons. The lowest BCUT2D eigenvalue weighted by Gasteiger charge is -2.35. The van der Waals surface area contributed by atoms with Crippen molar-refractivity contribution in [3.05, 3.63) is 16.4 Å². The van der Waals surface area contributed by atoms with Gasteiger partial charge in [0.05, 0.1) is 22.5 Å². The lowest BCUT2D eigenvalue weighted by atomic mass is 10.1. The molecule has 0 unspecified atom stereocenters. The van der Waals surface area contributed by atoms with Crippen LogP contribution in [0.5, 0.6) is 0 Å². The normalized spacial score (nSPS) is 18.6. The quantitative estimate of drug-likeness (QED) is 0.784. The lowest BCUT2D eigenvalue weighted by Crippen LogP contribution is -2.50. The maximum atomic E-state index is 9.14. The summed E-state index contributed by atoms with van der Waals surface area (Å²) < 4.78 is 1.81. The molecule has 1 aromatic rings. The molecular weight excluding hydrogens is 202 g/mol. The Hall–Kier alpha value is -0.580. The van der Waals surface area contributed by atoms with Crippen molar-refractivity contribution in [1.29, 1.82) is 0 Å². The van der Waals surface area contributed by atoms with Gasteiger partial charge >= 0.3 is 0 Å². The van der Waals surface area contributed by atoms with Gasteiger partial charge in [-0.1, -0.05) is 11.6 Å². The number of nitrogens with zero attached hydrogens (tertiary/aromatic N) is 3. The van der Waals surface area contributed by atoms with Crippen LogP contribution in [0.4, 0.5) is 0 Å². The summed E-state index contributed by atoms with van der Waals surface area (Å²) in [5.74, 6) is 0. The molecule has 1 fully saturated rings. The second kappa shape index (κ2) is 3.53. The minimum absolute atomic E-state index is 0.164. The third kappa shape index (κ3) is 1.65. The molecule has 1 aliphatic rings. The van der Waals surface area contributed by atoms with E-state index in [4.69, 9.17) is 16.7 Å². The van der Waals surface area contributed by atoms with Crippen LogP contribution in [-0.4, -0.2) is 39.0 Å². The Morgan fingerprint density at radius 2 is 2.21 bits per heavy atom. The summed E-state index contributed by atoms with van der Waals surface area (Å²) >= 11 is 6.10. The van der Waals surface area contributed by atoms with Gasteiger partial charge < -0.3 is 5.11 Å². The van der Waals surface area contributed by atoms with Gasteiger partial charge in [0.25, 0.3) is 0 Å². The van der Waals surface area contributed by atoms with Crippen LogP contribution in [0.25, 0.3) is 0 Å². The van der Waals surface area contributed by atoms with E-state index in [-0.39, 0.29) is 6.10 Å². The van der Waals surface area contributed by atoms with E-state index in [0.29, 0.717) is 0 Å². The topological polar surface area (TPSA) is 41.3 Å². The Balaban J connectivity index is 2.09. The Kier molecular flexibility index (Phi) is 2.51. The summed E-state index contributed by atoms with van der Waals surface area (Å²) in [6.07, 6.45) is -0.164. The number of aliphatic hydroxyl groups is 1. The molecular formula is C9H14ClN3O. The van der Waals surface area contributed by atoms with Crippen molar-refractivity contribution < 1.29 is 5.11 Å². The maximum Gasteiger partial charge on any atom is 0.0860 e. The van der Waals surface area contributed by atoms with Crippen molar-refractivity contribution in [2.24, 2.45) is 7.05 Å². The van der Waals surface area contributed by atoms with Crippen LogP contribution in [-0.2, 0) is 13.6 Å². The van der Waals surface area contributed by atoms with Gasteiger partial charge in [0.15, 0.2) is 0 Å². The van der Waals surface area contributed by atoms with Gasteiger partial charge in [-0.25, -0.2) is 0 Å².